The molecule has 3 nitrogen and oxygen atoms in total. The zero-order chi connectivity index (χ0) is 7.68. The second-order valence-electron chi connectivity index (χ2n) is 3.18. The van der Waals surface area contributed by atoms with Gasteiger partial charge in [-0.1, -0.05) is 0 Å². The highest BCUT2D eigenvalue weighted by atomic mass is 15.1. The van der Waals surface area contributed by atoms with Crippen molar-refractivity contribution in [2.75, 3.05) is 6.54 Å². The third-order valence-electron chi connectivity index (χ3n) is 2.40. The van der Waals surface area contributed by atoms with Gasteiger partial charge in [-0.25, -0.2) is 4.98 Å². The summed E-state index contributed by atoms with van der Waals surface area (Å²) < 4.78 is 2.21. The van der Waals surface area contributed by atoms with Crippen molar-refractivity contribution in [3.8, 4) is 0 Å². The van der Waals surface area contributed by atoms with Crippen LogP contribution in [0.25, 0.3) is 0 Å². The van der Waals surface area contributed by atoms with Crippen molar-refractivity contribution >= 4 is 0 Å². The molecule has 0 bridgehead atoms. The van der Waals surface area contributed by atoms with Crippen LogP contribution in [0.3, 0.4) is 0 Å². The van der Waals surface area contributed by atoms with Crippen molar-refractivity contribution < 1.29 is 0 Å². The van der Waals surface area contributed by atoms with Gasteiger partial charge in [0.15, 0.2) is 0 Å². The number of hydrogen-bond donors (Lipinski definition) is 1. The zero-order valence-corrected chi connectivity index (χ0v) is 6.53. The van der Waals surface area contributed by atoms with Crippen molar-refractivity contribution in [2.24, 2.45) is 11.7 Å². The molecular formula is C8H13N3. The van der Waals surface area contributed by atoms with E-state index in [0.717, 1.165) is 19.5 Å². The largest absolute Gasteiger partial charge is 0.334 e. The minimum absolute atomic E-state index is 0.664. The number of fused-ring (bicyclic) bond motifs is 1. The van der Waals surface area contributed by atoms with Crippen LogP contribution in [0.1, 0.15) is 12.1 Å². The topological polar surface area (TPSA) is 43.8 Å². The molecule has 1 aliphatic rings. The SMILES string of the molecule is NCC1CCc2cncn2C1. The minimum atomic E-state index is 0.664. The molecule has 2 N–H and O–H groups in total. The first kappa shape index (κ1) is 6.85. The Morgan fingerprint density at radius 2 is 2.64 bits per heavy atom. The second kappa shape index (κ2) is 2.66. The lowest BCUT2D eigenvalue weighted by atomic mass is 9.99. The standard InChI is InChI=1S/C8H13N3/c9-3-7-1-2-8-4-10-6-11(8)5-7/h4,6-7H,1-3,5,9H2. The first-order valence-electron chi connectivity index (χ1n) is 4.09. The molecule has 0 saturated carbocycles. The Morgan fingerprint density at radius 1 is 1.73 bits per heavy atom. The highest BCUT2D eigenvalue weighted by Gasteiger charge is 2.16. The third kappa shape index (κ3) is 1.16. The summed E-state index contributed by atoms with van der Waals surface area (Å²) in [5.74, 6) is 0.664. The van der Waals surface area contributed by atoms with Crippen molar-refractivity contribution in [3.05, 3.63) is 18.2 Å². The van der Waals surface area contributed by atoms with Gasteiger partial charge in [-0.3, -0.25) is 0 Å². The van der Waals surface area contributed by atoms with Gasteiger partial charge < -0.3 is 10.3 Å². The van der Waals surface area contributed by atoms with Gasteiger partial charge >= 0.3 is 0 Å². The average Bonchev–Trinajstić information content (AvgIpc) is 2.50. The van der Waals surface area contributed by atoms with Crippen LogP contribution in [-0.4, -0.2) is 16.1 Å². The Kier molecular flexibility index (Phi) is 1.66. The van der Waals surface area contributed by atoms with Gasteiger partial charge in [0.1, 0.15) is 0 Å². The van der Waals surface area contributed by atoms with Crippen LogP contribution in [0.15, 0.2) is 12.5 Å². The molecule has 0 aliphatic carbocycles. The van der Waals surface area contributed by atoms with Crippen LogP contribution >= 0.6 is 0 Å². The van der Waals surface area contributed by atoms with Gasteiger partial charge in [-0.2, -0.15) is 0 Å². The van der Waals surface area contributed by atoms with Crippen LogP contribution in [0.2, 0.25) is 0 Å². The molecule has 0 radical (unpaired) electrons. The number of imidazole rings is 1. The molecule has 11 heavy (non-hydrogen) atoms. The van der Waals surface area contributed by atoms with E-state index in [0.29, 0.717) is 5.92 Å². The fourth-order valence-corrected chi connectivity index (χ4v) is 1.63. The van der Waals surface area contributed by atoms with E-state index in [9.17, 15) is 0 Å². The first-order valence-corrected chi connectivity index (χ1v) is 4.09. The fraction of sp³-hybridized carbons (Fsp3) is 0.625. The molecule has 2 heterocycles. The highest BCUT2D eigenvalue weighted by Crippen LogP contribution is 2.17. The molecule has 1 aliphatic heterocycles. The highest BCUT2D eigenvalue weighted by molar-refractivity contribution is 5.01. The van der Waals surface area contributed by atoms with Gasteiger partial charge in [-0.15, -0.1) is 0 Å². The molecule has 0 fully saturated rings. The molecule has 1 atom stereocenters. The summed E-state index contributed by atoms with van der Waals surface area (Å²) in [7, 11) is 0. The predicted octanol–water partition coefficient (Wildman–Crippen LogP) is 0.404. The minimum Gasteiger partial charge on any atom is -0.334 e. The Bertz CT molecular complexity index is 241. The molecule has 1 unspecified atom stereocenters. The lowest BCUT2D eigenvalue weighted by molar-refractivity contribution is 0.378. The number of nitrogens with zero attached hydrogens (tertiary/aromatic N) is 2. The van der Waals surface area contributed by atoms with E-state index in [1.54, 1.807) is 0 Å². The number of nitrogens with two attached hydrogens (primary N) is 1. The fourth-order valence-electron chi connectivity index (χ4n) is 1.63. The third-order valence-corrected chi connectivity index (χ3v) is 2.40. The Hall–Kier alpha value is -0.830. The monoisotopic (exact) mass is 151 g/mol. The molecule has 60 valence electrons. The van der Waals surface area contributed by atoms with E-state index in [1.807, 2.05) is 12.5 Å². The van der Waals surface area contributed by atoms with Crippen molar-refractivity contribution in [2.45, 2.75) is 19.4 Å². The smallest absolute Gasteiger partial charge is 0.0948 e. The number of rotatable bonds is 1. The Balaban J connectivity index is 2.18. The number of aromatic nitrogens is 2. The summed E-state index contributed by atoms with van der Waals surface area (Å²) in [5, 5.41) is 0. The van der Waals surface area contributed by atoms with E-state index < -0.39 is 0 Å². The van der Waals surface area contributed by atoms with Crippen LogP contribution in [0.4, 0.5) is 0 Å². The molecule has 0 amide bonds. The molecule has 2 rings (SSSR count). The quantitative estimate of drug-likeness (QED) is 0.631. The predicted molar refractivity (Wildman–Crippen MR) is 43.1 cm³/mol. The van der Waals surface area contributed by atoms with Gasteiger partial charge in [0, 0.05) is 18.4 Å². The maximum atomic E-state index is 5.60. The Labute approximate surface area is 66.2 Å². The van der Waals surface area contributed by atoms with Crippen molar-refractivity contribution in [1.29, 1.82) is 0 Å². The number of aryl methyl sites for hydroxylation is 1. The summed E-state index contributed by atoms with van der Waals surface area (Å²) in [6, 6.07) is 0. The molecule has 3 heteroatoms. The summed E-state index contributed by atoms with van der Waals surface area (Å²) >= 11 is 0. The molecule has 0 saturated heterocycles. The normalized spacial score (nSPS) is 23.2. The summed E-state index contributed by atoms with van der Waals surface area (Å²) in [6.45, 7) is 1.86. The van der Waals surface area contributed by atoms with Crippen LogP contribution < -0.4 is 5.73 Å². The summed E-state index contributed by atoms with van der Waals surface area (Å²) in [6.07, 6.45) is 6.22. The van der Waals surface area contributed by atoms with E-state index in [2.05, 4.69) is 9.55 Å². The van der Waals surface area contributed by atoms with E-state index in [4.69, 9.17) is 5.73 Å². The van der Waals surface area contributed by atoms with Gasteiger partial charge in [0.25, 0.3) is 0 Å². The van der Waals surface area contributed by atoms with Crippen LogP contribution in [0, 0.1) is 5.92 Å². The second-order valence-corrected chi connectivity index (χ2v) is 3.18. The van der Waals surface area contributed by atoms with Gasteiger partial charge in [0.05, 0.1) is 6.33 Å². The number of hydrogen-bond acceptors (Lipinski definition) is 2. The van der Waals surface area contributed by atoms with Crippen LogP contribution in [-0.2, 0) is 13.0 Å². The molecule has 1 aromatic heterocycles. The van der Waals surface area contributed by atoms with Gasteiger partial charge in [0.2, 0.25) is 0 Å². The zero-order valence-electron chi connectivity index (χ0n) is 6.53. The van der Waals surface area contributed by atoms with Gasteiger partial charge in [-0.05, 0) is 25.3 Å². The lowest BCUT2D eigenvalue weighted by Crippen LogP contribution is -2.25. The van der Waals surface area contributed by atoms with E-state index >= 15 is 0 Å². The van der Waals surface area contributed by atoms with E-state index in [1.165, 1.54) is 12.1 Å². The molecule has 1 aromatic rings. The van der Waals surface area contributed by atoms with Crippen molar-refractivity contribution in [3.63, 3.8) is 0 Å². The summed E-state index contributed by atoms with van der Waals surface area (Å²) in [5.41, 5.74) is 6.95. The molecular weight excluding hydrogens is 138 g/mol. The van der Waals surface area contributed by atoms with E-state index in [-0.39, 0.29) is 0 Å². The molecule has 0 spiro atoms. The maximum absolute atomic E-state index is 5.60. The Morgan fingerprint density at radius 3 is 3.45 bits per heavy atom. The van der Waals surface area contributed by atoms with Crippen molar-refractivity contribution in [1.82, 2.24) is 9.55 Å². The van der Waals surface area contributed by atoms with Crippen LogP contribution in [0.5, 0.6) is 0 Å². The average molecular weight is 151 g/mol. The first-order chi connectivity index (χ1) is 5.40. The summed E-state index contributed by atoms with van der Waals surface area (Å²) in [4.78, 5) is 4.09. The molecule has 0 aromatic carbocycles. The lowest BCUT2D eigenvalue weighted by Gasteiger charge is -2.22. The maximum Gasteiger partial charge on any atom is 0.0948 e.